The monoisotopic (exact) mass is 259 g/mol. The molecule has 1 atom stereocenters. The van der Waals surface area contributed by atoms with Crippen molar-refractivity contribution in [1.82, 2.24) is 9.97 Å². The van der Waals surface area contributed by atoms with E-state index in [9.17, 15) is 0 Å². The lowest BCUT2D eigenvalue weighted by Crippen LogP contribution is -2.05. The second kappa shape index (κ2) is 5.50. The van der Waals surface area contributed by atoms with Gasteiger partial charge in [-0.2, -0.15) is 0 Å². The summed E-state index contributed by atoms with van der Waals surface area (Å²) in [6.07, 6.45) is 1.80. The highest BCUT2D eigenvalue weighted by Crippen LogP contribution is 2.26. The summed E-state index contributed by atoms with van der Waals surface area (Å²) in [6.45, 7) is 6.05. The van der Waals surface area contributed by atoms with Crippen LogP contribution in [-0.4, -0.2) is 9.97 Å². The van der Waals surface area contributed by atoms with Crippen molar-refractivity contribution in [1.29, 1.82) is 0 Å². The second-order valence-electron chi connectivity index (χ2n) is 4.44. The van der Waals surface area contributed by atoms with Gasteiger partial charge in [0.1, 0.15) is 10.1 Å². The molecule has 3 nitrogen and oxygen atoms in total. The first-order chi connectivity index (χ1) is 8.54. The van der Waals surface area contributed by atoms with Gasteiger partial charge in [-0.15, -0.1) is 0 Å². The Bertz CT molecular complexity index is 532. The molecule has 94 valence electrons. The topological polar surface area (TPSA) is 51.8 Å². The molecule has 2 rings (SSSR count). The van der Waals surface area contributed by atoms with Crippen LogP contribution in [0.3, 0.4) is 0 Å². The lowest BCUT2D eigenvalue weighted by atomic mass is 10.1. The number of pyridine rings is 2. The Morgan fingerprint density at radius 3 is 2.61 bits per heavy atom. The molecule has 2 aromatic heterocycles. The van der Waals surface area contributed by atoms with E-state index in [1.54, 1.807) is 18.0 Å². The van der Waals surface area contributed by atoms with E-state index in [0.717, 1.165) is 21.3 Å². The predicted octanol–water partition coefficient (Wildman–Crippen LogP) is 3.26. The summed E-state index contributed by atoms with van der Waals surface area (Å²) in [4.78, 5) is 8.84. The van der Waals surface area contributed by atoms with Crippen LogP contribution in [0, 0.1) is 13.8 Å². The average molecular weight is 259 g/mol. The van der Waals surface area contributed by atoms with Crippen LogP contribution in [0.5, 0.6) is 0 Å². The van der Waals surface area contributed by atoms with Crippen LogP contribution in [0.15, 0.2) is 40.5 Å². The standard InChI is InChI=1S/C14H17N3S/c1-9-6-10(2)17-14(7-9)18-13-8-12(11(3)15)4-5-16-13/h4-8,11H,15H2,1-3H3. The van der Waals surface area contributed by atoms with E-state index in [1.165, 1.54) is 5.56 Å². The van der Waals surface area contributed by atoms with Crippen LogP contribution in [0.25, 0.3) is 0 Å². The number of rotatable bonds is 3. The fraction of sp³-hybridized carbons (Fsp3) is 0.286. The number of hydrogen-bond donors (Lipinski definition) is 1. The molecule has 4 heteroatoms. The minimum Gasteiger partial charge on any atom is -0.324 e. The van der Waals surface area contributed by atoms with Gasteiger partial charge in [-0.05, 0) is 56.2 Å². The number of nitrogens with two attached hydrogens (primary N) is 1. The van der Waals surface area contributed by atoms with Gasteiger partial charge in [-0.1, -0.05) is 11.8 Å². The average Bonchev–Trinajstić information content (AvgIpc) is 2.27. The van der Waals surface area contributed by atoms with E-state index in [-0.39, 0.29) is 6.04 Å². The zero-order valence-electron chi connectivity index (χ0n) is 10.8. The summed E-state index contributed by atoms with van der Waals surface area (Å²) < 4.78 is 0. The number of aromatic nitrogens is 2. The molecule has 18 heavy (non-hydrogen) atoms. The molecule has 2 N–H and O–H groups in total. The summed E-state index contributed by atoms with van der Waals surface area (Å²) in [6, 6.07) is 8.13. The highest BCUT2D eigenvalue weighted by Gasteiger charge is 2.05. The van der Waals surface area contributed by atoms with Crippen LogP contribution in [0.1, 0.15) is 29.8 Å². The van der Waals surface area contributed by atoms with Crippen molar-refractivity contribution in [2.24, 2.45) is 5.73 Å². The van der Waals surface area contributed by atoms with Gasteiger partial charge in [0.05, 0.1) is 0 Å². The molecule has 0 aromatic carbocycles. The van der Waals surface area contributed by atoms with Crippen molar-refractivity contribution >= 4 is 11.8 Å². The van der Waals surface area contributed by atoms with E-state index in [4.69, 9.17) is 5.73 Å². The van der Waals surface area contributed by atoms with Gasteiger partial charge in [-0.3, -0.25) is 0 Å². The highest BCUT2D eigenvalue weighted by molar-refractivity contribution is 7.99. The third-order valence-electron chi connectivity index (χ3n) is 2.57. The summed E-state index contributed by atoms with van der Waals surface area (Å²) in [5.74, 6) is 0. The van der Waals surface area contributed by atoms with Crippen molar-refractivity contribution in [3.8, 4) is 0 Å². The maximum Gasteiger partial charge on any atom is 0.103 e. The largest absolute Gasteiger partial charge is 0.324 e. The Labute approximate surface area is 112 Å². The molecule has 0 fully saturated rings. The Morgan fingerprint density at radius 1 is 1.17 bits per heavy atom. The Kier molecular flexibility index (Phi) is 3.99. The van der Waals surface area contributed by atoms with Crippen LogP contribution >= 0.6 is 11.8 Å². The molecule has 0 aliphatic carbocycles. The molecule has 2 heterocycles. The minimum absolute atomic E-state index is 0.0274. The minimum atomic E-state index is 0.0274. The zero-order chi connectivity index (χ0) is 13.1. The normalized spacial score (nSPS) is 12.4. The van der Waals surface area contributed by atoms with E-state index in [2.05, 4.69) is 29.0 Å². The quantitative estimate of drug-likeness (QED) is 0.919. The van der Waals surface area contributed by atoms with E-state index < -0.39 is 0 Å². The lowest BCUT2D eigenvalue weighted by Gasteiger charge is -2.07. The van der Waals surface area contributed by atoms with E-state index in [0.29, 0.717) is 0 Å². The van der Waals surface area contributed by atoms with Crippen molar-refractivity contribution < 1.29 is 0 Å². The molecular formula is C14H17N3S. The van der Waals surface area contributed by atoms with E-state index >= 15 is 0 Å². The molecule has 0 bridgehead atoms. The number of aryl methyl sites for hydroxylation is 2. The van der Waals surface area contributed by atoms with Crippen molar-refractivity contribution in [3.05, 3.63) is 47.3 Å². The van der Waals surface area contributed by atoms with Crippen molar-refractivity contribution in [3.63, 3.8) is 0 Å². The molecule has 0 radical (unpaired) electrons. The van der Waals surface area contributed by atoms with Crippen LogP contribution in [0.4, 0.5) is 0 Å². The molecule has 0 saturated heterocycles. The smallest absolute Gasteiger partial charge is 0.103 e. The van der Waals surface area contributed by atoms with Crippen molar-refractivity contribution in [2.75, 3.05) is 0 Å². The van der Waals surface area contributed by atoms with Gasteiger partial charge in [0.15, 0.2) is 0 Å². The summed E-state index contributed by atoms with van der Waals surface area (Å²) >= 11 is 1.57. The molecule has 0 aliphatic rings. The molecule has 1 unspecified atom stereocenters. The third-order valence-corrected chi connectivity index (χ3v) is 3.42. The van der Waals surface area contributed by atoms with Crippen LogP contribution in [-0.2, 0) is 0 Å². The fourth-order valence-corrected chi connectivity index (χ4v) is 2.68. The van der Waals surface area contributed by atoms with Gasteiger partial charge in [0.2, 0.25) is 0 Å². The van der Waals surface area contributed by atoms with E-state index in [1.807, 2.05) is 26.0 Å². The van der Waals surface area contributed by atoms with Gasteiger partial charge < -0.3 is 5.73 Å². The summed E-state index contributed by atoms with van der Waals surface area (Å²) in [5.41, 5.74) is 9.21. The first-order valence-corrected chi connectivity index (χ1v) is 6.71. The molecule has 0 saturated carbocycles. The Morgan fingerprint density at radius 2 is 1.94 bits per heavy atom. The molecule has 0 spiro atoms. The van der Waals surface area contributed by atoms with Crippen molar-refractivity contribution in [2.45, 2.75) is 36.9 Å². The SMILES string of the molecule is Cc1cc(C)nc(Sc2cc(C(C)N)ccn2)c1. The molecule has 0 amide bonds. The maximum absolute atomic E-state index is 5.87. The Hall–Kier alpha value is -1.39. The Balaban J connectivity index is 2.25. The van der Waals surface area contributed by atoms with Crippen LogP contribution < -0.4 is 5.73 Å². The third kappa shape index (κ3) is 3.31. The molecule has 0 aliphatic heterocycles. The first-order valence-electron chi connectivity index (χ1n) is 5.89. The van der Waals surface area contributed by atoms with Gasteiger partial charge >= 0.3 is 0 Å². The molecular weight excluding hydrogens is 242 g/mol. The second-order valence-corrected chi connectivity index (χ2v) is 5.48. The first kappa shape index (κ1) is 13.1. The predicted molar refractivity (Wildman–Crippen MR) is 74.7 cm³/mol. The molecule has 2 aromatic rings. The fourth-order valence-electron chi connectivity index (χ4n) is 1.73. The number of nitrogens with zero attached hydrogens (tertiary/aromatic N) is 2. The van der Waals surface area contributed by atoms with Gasteiger partial charge in [0.25, 0.3) is 0 Å². The summed E-state index contributed by atoms with van der Waals surface area (Å²) in [5, 5.41) is 1.91. The summed E-state index contributed by atoms with van der Waals surface area (Å²) in [7, 11) is 0. The zero-order valence-corrected chi connectivity index (χ0v) is 11.7. The highest BCUT2D eigenvalue weighted by atomic mass is 32.2. The van der Waals surface area contributed by atoms with Gasteiger partial charge in [0, 0.05) is 17.9 Å². The lowest BCUT2D eigenvalue weighted by molar-refractivity contribution is 0.808. The van der Waals surface area contributed by atoms with Crippen LogP contribution in [0.2, 0.25) is 0 Å². The van der Waals surface area contributed by atoms with Gasteiger partial charge in [-0.25, -0.2) is 9.97 Å². The number of hydrogen-bond acceptors (Lipinski definition) is 4. The maximum atomic E-state index is 5.87.